The lowest BCUT2D eigenvalue weighted by Crippen LogP contribution is -2.01. The van der Waals surface area contributed by atoms with E-state index in [0.717, 1.165) is 25.9 Å². The van der Waals surface area contributed by atoms with Gasteiger partial charge < -0.3 is 9.47 Å². The van der Waals surface area contributed by atoms with Crippen LogP contribution in [0, 0.1) is 10.5 Å². The molecule has 0 atom stereocenters. The van der Waals surface area contributed by atoms with Crippen LogP contribution in [0.25, 0.3) is 0 Å². The molecule has 0 amide bonds. The van der Waals surface area contributed by atoms with E-state index in [1.54, 1.807) is 25.5 Å². The normalized spacial score (nSPS) is 11.1. The Kier molecular flexibility index (Phi) is 7.68. The Morgan fingerprint density at radius 3 is 2.48 bits per heavy atom. The lowest BCUT2D eigenvalue weighted by Gasteiger charge is -2.14. The molecule has 0 unspecified atom stereocenters. The third-order valence-corrected chi connectivity index (χ3v) is 5.95. The van der Waals surface area contributed by atoms with Crippen molar-refractivity contribution < 1.29 is 9.47 Å². The van der Waals surface area contributed by atoms with Gasteiger partial charge in [-0.15, -0.1) is 0 Å². The molecule has 0 fully saturated rings. The smallest absolute Gasteiger partial charge is 0.174 e. The predicted molar refractivity (Wildman–Crippen MR) is 130 cm³/mol. The second kappa shape index (κ2) is 10.0. The highest BCUT2D eigenvalue weighted by Crippen LogP contribution is 2.35. The number of benzene rings is 3. The van der Waals surface area contributed by atoms with Gasteiger partial charge in [0.15, 0.2) is 11.5 Å². The molecule has 3 rings (SSSR count). The average Bonchev–Trinajstić information content (AvgIpc) is 2.69. The van der Waals surface area contributed by atoms with E-state index < -0.39 is 0 Å². The summed E-state index contributed by atoms with van der Waals surface area (Å²) in [7, 11) is 1.61. The Morgan fingerprint density at radius 2 is 1.79 bits per heavy atom. The first-order valence-electron chi connectivity index (χ1n) is 8.62. The Balaban J connectivity index is 1.81. The van der Waals surface area contributed by atoms with Crippen LogP contribution in [0.15, 0.2) is 53.5 Å². The fourth-order valence-electron chi connectivity index (χ4n) is 2.55. The first-order valence-corrected chi connectivity index (χ1v) is 10.8. The quantitative estimate of drug-likeness (QED) is 0.227. The second-order valence-corrected chi connectivity index (χ2v) is 8.66. The molecule has 0 aliphatic heterocycles. The van der Waals surface area contributed by atoms with Crippen LogP contribution in [0.4, 0.5) is 5.69 Å². The van der Waals surface area contributed by atoms with E-state index in [9.17, 15) is 0 Å². The maximum atomic E-state index is 6.23. The number of methoxy groups -OCH3 is 1. The zero-order chi connectivity index (χ0) is 21.0. The maximum absolute atomic E-state index is 6.23. The van der Waals surface area contributed by atoms with E-state index in [2.05, 4.69) is 27.6 Å². The largest absolute Gasteiger partial charge is 0.493 e. The minimum Gasteiger partial charge on any atom is -0.493 e. The number of rotatable bonds is 6. The van der Waals surface area contributed by atoms with Gasteiger partial charge in [0.05, 0.1) is 16.4 Å². The molecule has 0 spiro atoms. The second-order valence-electron chi connectivity index (χ2n) is 6.25. The van der Waals surface area contributed by atoms with Crippen molar-refractivity contribution >= 4 is 69.3 Å². The highest BCUT2D eigenvalue weighted by atomic mass is 127. The van der Waals surface area contributed by atoms with Crippen LogP contribution in [0.2, 0.25) is 15.1 Å². The Labute approximate surface area is 198 Å². The molecule has 0 aromatic heterocycles. The van der Waals surface area contributed by atoms with Crippen molar-refractivity contribution in [2.45, 2.75) is 13.5 Å². The number of hydrogen-bond donors (Lipinski definition) is 0. The molecular formula is C22H17Cl3INO2. The van der Waals surface area contributed by atoms with Gasteiger partial charge in [-0.25, -0.2) is 0 Å². The van der Waals surface area contributed by atoms with E-state index in [-0.39, 0.29) is 0 Å². The summed E-state index contributed by atoms with van der Waals surface area (Å²) in [4.78, 5) is 4.50. The standard InChI is InChI=1S/C22H17Cl3INO2/c1-13-3-6-17(10-18(13)24)27-11-14-7-20(26)22(21(8-14)28-2)29-12-15-4-5-16(23)9-19(15)25/h3-11H,12H2,1-2H3. The minimum atomic E-state index is 0.303. The minimum absolute atomic E-state index is 0.303. The van der Waals surface area contributed by atoms with Crippen LogP contribution in [0.1, 0.15) is 16.7 Å². The SMILES string of the molecule is COc1cc(C=Nc2ccc(C)c(Cl)c2)cc(I)c1OCc1ccc(Cl)cc1Cl. The molecule has 29 heavy (non-hydrogen) atoms. The Morgan fingerprint density at radius 1 is 1.00 bits per heavy atom. The third-order valence-electron chi connectivity index (χ3n) is 4.16. The number of ether oxygens (including phenoxy) is 2. The van der Waals surface area contributed by atoms with Crippen molar-refractivity contribution in [2.75, 3.05) is 7.11 Å². The molecule has 0 saturated carbocycles. The molecule has 0 bridgehead atoms. The molecule has 150 valence electrons. The van der Waals surface area contributed by atoms with Gasteiger partial charge in [0.25, 0.3) is 0 Å². The van der Waals surface area contributed by atoms with Gasteiger partial charge in [-0.05, 0) is 77.0 Å². The fourth-order valence-corrected chi connectivity index (χ4v) is 3.97. The molecule has 0 heterocycles. The molecule has 0 aliphatic carbocycles. The zero-order valence-electron chi connectivity index (χ0n) is 15.7. The van der Waals surface area contributed by atoms with Gasteiger partial charge in [0, 0.05) is 26.8 Å². The van der Waals surface area contributed by atoms with Crippen molar-refractivity contribution in [1.82, 2.24) is 0 Å². The monoisotopic (exact) mass is 559 g/mol. The van der Waals surface area contributed by atoms with E-state index in [4.69, 9.17) is 44.3 Å². The van der Waals surface area contributed by atoms with Crippen LogP contribution in [-0.2, 0) is 6.61 Å². The van der Waals surface area contributed by atoms with Crippen molar-refractivity contribution in [2.24, 2.45) is 4.99 Å². The molecule has 0 N–H and O–H groups in total. The van der Waals surface area contributed by atoms with Crippen LogP contribution < -0.4 is 9.47 Å². The van der Waals surface area contributed by atoms with Crippen molar-refractivity contribution in [3.05, 3.63) is 83.9 Å². The van der Waals surface area contributed by atoms with Gasteiger partial charge in [-0.2, -0.15) is 0 Å². The molecule has 7 heteroatoms. The molecule has 0 radical (unpaired) electrons. The number of nitrogens with zero attached hydrogens (tertiary/aromatic N) is 1. The summed E-state index contributed by atoms with van der Waals surface area (Å²) < 4.78 is 12.4. The van der Waals surface area contributed by atoms with E-state index in [0.29, 0.717) is 33.2 Å². The number of aryl methyl sites for hydroxylation is 1. The predicted octanol–water partition coefficient (Wildman–Crippen LogP) is 7.90. The molecule has 3 nitrogen and oxygen atoms in total. The van der Waals surface area contributed by atoms with Crippen LogP contribution in [0.3, 0.4) is 0 Å². The van der Waals surface area contributed by atoms with Gasteiger partial charge in [-0.1, -0.05) is 46.9 Å². The summed E-state index contributed by atoms with van der Waals surface area (Å²) in [5, 5.41) is 1.84. The van der Waals surface area contributed by atoms with Crippen molar-refractivity contribution in [3.63, 3.8) is 0 Å². The van der Waals surface area contributed by atoms with Crippen molar-refractivity contribution in [1.29, 1.82) is 0 Å². The van der Waals surface area contributed by atoms with Gasteiger partial charge in [0.2, 0.25) is 0 Å². The summed E-state index contributed by atoms with van der Waals surface area (Å²) in [6.07, 6.45) is 1.77. The highest BCUT2D eigenvalue weighted by Gasteiger charge is 2.12. The van der Waals surface area contributed by atoms with E-state index in [1.165, 1.54) is 0 Å². The molecule has 0 saturated heterocycles. The summed E-state index contributed by atoms with van der Waals surface area (Å²) in [5.41, 5.74) is 3.53. The lowest BCUT2D eigenvalue weighted by molar-refractivity contribution is 0.282. The van der Waals surface area contributed by atoms with Gasteiger partial charge in [0.1, 0.15) is 6.61 Å². The maximum Gasteiger partial charge on any atom is 0.174 e. The summed E-state index contributed by atoms with van der Waals surface area (Å²) in [6, 6.07) is 14.9. The number of halogens is 4. The highest BCUT2D eigenvalue weighted by molar-refractivity contribution is 14.1. The van der Waals surface area contributed by atoms with Gasteiger partial charge in [-0.3, -0.25) is 4.99 Å². The molecular weight excluding hydrogens is 544 g/mol. The van der Waals surface area contributed by atoms with Crippen LogP contribution in [-0.4, -0.2) is 13.3 Å². The first kappa shape index (κ1) is 22.2. The lowest BCUT2D eigenvalue weighted by atomic mass is 10.2. The first-order chi connectivity index (χ1) is 13.9. The molecule has 0 aliphatic rings. The Bertz CT molecular complexity index is 1070. The van der Waals surface area contributed by atoms with E-state index >= 15 is 0 Å². The van der Waals surface area contributed by atoms with Crippen molar-refractivity contribution in [3.8, 4) is 11.5 Å². The Hall–Kier alpha value is -1.47. The number of hydrogen-bond acceptors (Lipinski definition) is 3. The average molecular weight is 561 g/mol. The number of aliphatic imine (C=N–C) groups is 1. The summed E-state index contributed by atoms with van der Waals surface area (Å²) in [5.74, 6) is 1.26. The summed E-state index contributed by atoms with van der Waals surface area (Å²) >= 11 is 20.6. The summed E-state index contributed by atoms with van der Waals surface area (Å²) in [6.45, 7) is 2.26. The molecule has 3 aromatic carbocycles. The zero-order valence-corrected chi connectivity index (χ0v) is 20.1. The van der Waals surface area contributed by atoms with E-state index in [1.807, 2.05) is 43.3 Å². The van der Waals surface area contributed by atoms with Crippen LogP contribution in [0.5, 0.6) is 11.5 Å². The van der Waals surface area contributed by atoms with Gasteiger partial charge >= 0.3 is 0 Å². The topological polar surface area (TPSA) is 30.8 Å². The molecule has 3 aromatic rings. The fraction of sp³-hybridized carbons (Fsp3) is 0.136. The van der Waals surface area contributed by atoms with Crippen LogP contribution >= 0.6 is 57.4 Å². The third kappa shape index (κ3) is 5.79.